The molecule has 21 heavy (non-hydrogen) atoms. The highest BCUT2D eigenvalue weighted by atomic mass is 32.1. The number of methoxy groups -OCH3 is 1. The molecule has 1 fully saturated rings. The molecule has 0 aromatic heterocycles. The van der Waals surface area contributed by atoms with Crippen LogP contribution in [0.15, 0.2) is 18.2 Å². The van der Waals surface area contributed by atoms with Crippen molar-refractivity contribution in [3.63, 3.8) is 0 Å². The topological polar surface area (TPSA) is 47.7 Å². The molecule has 1 aromatic carbocycles. The van der Waals surface area contributed by atoms with Crippen molar-refractivity contribution in [1.29, 1.82) is 0 Å². The van der Waals surface area contributed by atoms with Crippen molar-refractivity contribution in [3.05, 3.63) is 23.8 Å². The first-order valence-corrected chi connectivity index (χ1v) is 7.83. The predicted molar refractivity (Wildman–Crippen MR) is 89.3 cm³/mol. The Bertz CT molecular complexity index is 493. The summed E-state index contributed by atoms with van der Waals surface area (Å²) in [7, 11) is 3.82. The van der Waals surface area contributed by atoms with Crippen LogP contribution < -0.4 is 15.2 Å². The number of thiocarbonyl (C=S) groups is 1. The molecule has 116 valence electrons. The maximum Gasteiger partial charge on any atom is 0.123 e. The summed E-state index contributed by atoms with van der Waals surface area (Å²) in [5.41, 5.74) is 6.46. The average molecular weight is 308 g/mol. The van der Waals surface area contributed by atoms with Gasteiger partial charge < -0.3 is 20.1 Å². The van der Waals surface area contributed by atoms with Crippen LogP contribution in [0.25, 0.3) is 0 Å². The first-order chi connectivity index (χ1) is 10.1. The van der Waals surface area contributed by atoms with Crippen molar-refractivity contribution in [1.82, 2.24) is 4.90 Å². The van der Waals surface area contributed by atoms with E-state index < -0.39 is 0 Å². The minimum atomic E-state index is 0.353. The molecule has 1 aliphatic rings. The van der Waals surface area contributed by atoms with Gasteiger partial charge >= 0.3 is 0 Å². The zero-order chi connectivity index (χ0) is 15.2. The lowest BCUT2D eigenvalue weighted by molar-refractivity contribution is 0.153. The van der Waals surface area contributed by atoms with Crippen molar-refractivity contribution in [2.75, 3.05) is 27.3 Å². The summed E-state index contributed by atoms with van der Waals surface area (Å²) >= 11 is 5.02. The van der Waals surface area contributed by atoms with Gasteiger partial charge in [0, 0.05) is 17.7 Å². The Kier molecular flexibility index (Phi) is 5.82. The Morgan fingerprint density at radius 3 is 2.76 bits per heavy atom. The zero-order valence-corrected chi connectivity index (χ0v) is 13.6. The van der Waals surface area contributed by atoms with Crippen LogP contribution in [-0.4, -0.2) is 43.2 Å². The molecule has 1 heterocycles. The van der Waals surface area contributed by atoms with Crippen LogP contribution in [0.4, 0.5) is 0 Å². The molecule has 1 saturated heterocycles. The van der Waals surface area contributed by atoms with Gasteiger partial charge in [-0.15, -0.1) is 0 Å². The van der Waals surface area contributed by atoms with Crippen LogP contribution in [0.5, 0.6) is 11.5 Å². The third-order valence-corrected chi connectivity index (χ3v) is 4.28. The second-order valence-electron chi connectivity index (χ2n) is 5.53. The Hall–Kier alpha value is -1.33. The van der Waals surface area contributed by atoms with Gasteiger partial charge in [-0.05, 0) is 45.0 Å². The van der Waals surface area contributed by atoms with Gasteiger partial charge in [-0.1, -0.05) is 18.6 Å². The molecule has 0 saturated carbocycles. The molecule has 1 atom stereocenters. The predicted octanol–water partition coefficient (Wildman–Crippen LogP) is 2.58. The van der Waals surface area contributed by atoms with Crippen molar-refractivity contribution in [2.45, 2.75) is 31.7 Å². The standard InChI is InChI=1S/C16H24N2O2S/c1-18-7-4-3-5-13(18)6-8-20-15-10-12(16(17)21)9-14(11-15)19-2/h9-11,13H,3-8H2,1-2H3,(H2,17,21). The summed E-state index contributed by atoms with van der Waals surface area (Å²) in [5.74, 6) is 1.47. The fourth-order valence-corrected chi connectivity index (χ4v) is 2.85. The quantitative estimate of drug-likeness (QED) is 0.819. The zero-order valence-electron chi connectivity index (χ0n) is 12.8. The number of benzene rings is 1. The first-order valence-electron chi connectivity index (χ1n) is 7.42. The highest BCUT2D eigenvalue weighted by molar-refractivity contribution is 7.80. The average Bonchev–Trinajstić information content (AvgIpc) is 2.49. The summed E-state index contributed by atoms with van der Waals surface area (Å²) in [6, 6.07) is 6.19. The van der Waals surface area contributed by atoms with E-state index in [2.05, 4.69) is 11.9 Å². The van der Waals surface area contributed by atoms with Crippen molar-refractivity contribution in [3.8, 4) is 11.5 Å². The fourth-order valence-electron chi connectivity index (χ4n) is 2.74. The van der Waals surface area contributed by atoms with E-state index in [0.29, 0.717) is 23.4 Å². The number of ether oxygens (including phenoxy) is 2. The largest absolute Gasteiger partial charge is 0.497 e. The molecule has 0 amide bonds. The van der Waals surface area contributed by atoms with E-state index in [1.165, 1.54) is 25.8 Å². The number of likely N-dealkylation sites (tertiary alicyclic amines) is 1. The molecule has 4 nitrogen and oxygen atoms in total. The van der Waals surface area contributed by atoms with E-state index in [4.69, 9.17) is 27.4 Å². The minimum Gasteiger partial charge on any atom is -0.497 e. The molecule has 5 heteroatoms. The van der Waals surface area contributed by atoms with E-state index in [0.717, 1.165) is 17.7 Å². The van der Waals surface area contributed by atoms with E-state index in [1.54, 1.807) is 7.11 Å². The van der Waals surface area contributed by atoms with Crippen LogP contribution in [0, 0.1) is 0 Å². The van der Waals surface area contributed by atoms with Gasteiger partial charge in [0.15, 0.2) is 0 Å². The third kappa shape index (κ3) is 4.58. The molecule has 0 radical (unpaired) electrons. The summed E-state index contributed by atoms with van der Waals surface area (Å²) in [6.45, 7) is 1.88. The van der Waals surface area contributed by atoms with Gasteiger partial charge in [-0.2, -0.15) is 0 Å². The highest BCUT2D eigenvalue weighted by Gasteiger charge is 2.18. The van der Waals surface area contributed by atoms with E-state index in [-0.39, 0.29) is 0 Å². The number of rotatable bonds is 6. The van der Waals surface area contributed by atoms with Gasteiger partial charge in [0.05, 0.1) is 13.7 Å². The molecular formula is C16H24N2O2S. The maximum atomic E-state index is 5.87. The van der Waals surface area contributed by atoms with Gasteiger partial charge in [0.25, 0.3) is 0 Å². The molecule has 1 aromatic rings. The number of hydrogen-bond donors (Lipinski definition) is 1. The summed E-state index contributed by atoms with van der Waals surface area (Å²) < 4.78 is 11.1. The lowest BCUT2D eigenvalue weighted by Gasteiger charge is -2.32. The Morgan fingerprint density at radius 2 is 2.10 bits per heavy atom. The lowest BCUT2D eigenvalue weighted by atomic mass is 10.0. The second kappa shape index (κ2) is 7.61. The number of nitrogens with zero attached hydrogens (tertiary/aromatic N) is 1. The Balaban J connectivity index is 1.93. The van der Waals surface area contributed by atoms with E-state index >= 15 is 0 Å². The first kappa shape index (κ1) is 16.0. The molecule has 0 bridgehead atoms. The van der Waals surface area contributed by atoms with Gasteiger partial charge in [0.1, 0.15) is 16.5 Å². The van der Waals surface area contributed by atoms with Crippen LogP contribution in [0.2, 0.25) is 0 Å². The van der Waals surface area contributed by atoms with Crippen LogP contribution >= 0.6 is 12.2 Å². The molecule has 2 N–H and O–H groups in total. The lowest BCUT2D eigenvalue weighted by Crippen LogP contribution is -2.37. The monoisotopic (exact) mass is 308 g/mol. The van der Waals surface area contributed by atoms with Crippen molar-refractivity contribution in [2.24, 2.45) is 5.73 Å². The van der Waals surface area contributed by atoms with E-state index in [1.807, 2.05) is 18.2 Å². The van der Waals surface area contributed by atoms with Gasteiger partial charge in [-0.25, -0.2) is 0 Å². The second-order valence-corrected chi connectivity index (χ2v) is 5.97. The van der Waals surface area contributed by atoms with Crippen molar-refractivity contribution >= 4 is 17.2 Å². The Morgan fingerprint density at radius 1 is 1.33 bits per heavy atom. The van der Waals surface area contributed by atoms with E-state index in [9.17, 15) is 0 Å². The van der Waals surface area contributed by atoms with Crippen LogP contribution in [0.3, 0.4) is 0 Å². The fraction of sp³-hybridized carbons (Fsp3) is 0.562. The number of piperidine rings is 1. The van der Waals surface area contributed by atoms with Crippen LogP contribution in [0.1, 0.15) is 31.2 Å². The normalized spacial score (nSPS) is 19.2. The van der Waals surface area contributed by atoms with Crippen molar-refractivity contribution < 1.29 is 9.47 Å². The smallest absolute Gasteiger partial charge is 0.123 e. The summed E-state index contributed by atoms with van der Waals surface area (Å²) in [4.78, 5) is 2.78. The highest BCUT2D eigenvalue weighted by Crippen LogP contribution is 2.24. The third-order valence-electron chi connectivity index (χ3n) is 4.04. The minimum absolute atomic E-state index is 0.353. The molecule has 0 aliphatic carbocycles. The summed E-state index contributed by atoms with van der Waals surface area (Å²) in [5, 5.41) is 0. The number of hydrogen-bond acceptors (Lipinski definition) is 4. The number of nitrogens with two attached hydrogens (primary N) is 1. The molecule has 0 spiro atoms. The maximum absolute atomic E-state index is 5.87. The van der Waals surface area contributed by atoms with Gasteiger partial charge in [0.2, 0.25) is 0 Å². The SMILES string of the molecule is COc1cc(OCCC2CCCCN2C)cc(C(N)=S)c1. The molecule has 1 aliphatic heterocycles. The van der Waals surface area contributed by atoms with Crippen LogP contribution in [-0.2, 0) is 0 Å². The summed E-state index contributed by atoms with van der Waals surface area (Å²) in [6.07, 6.45) is 4.92. The Labute approximate surface area is 132 Å². The molecule has 2 rings (SSSR count). The van der Waals surface area contributed by atoms with Gasteiger partial charge in [-0.3, -0.25) is 0 Å². The molecule has 1 unspecified atom stereocenters. The molecular weight excluding hydrogens is 284 g/mol.